The van der Waals surface area contributed by atoms with Crippen LogP contribution >= 0.6 is 0 Å². The zero-order valence-electron chi connectivity index (χ0n) is 12.8. The average molecular weight is 277 g/mol. The second-order valence-electron chi connectivity index (χ2n) is 5.33. The van der Waals surface area contributed by atoms with Crippen LogP contribution in [0.15, 0.2) is 30.3 Å². The molecule has 0 bridgehead atoms. The monoisotopic (exact) mass is 277 g/mol. The Morgan fingerprint density at radius 1 is 1.30 bits per heavy atom. The van der Waals surface area contributed by atoms with Crippen LogP contribution in [0.4, 0.5) is 5.69 Å². The standard InChI is InChI=1S/C16H27N3O/c1-4-19(14-9-6-5-7-10-14)12-8-11-18-16(20)15(17)13(2)3/h5-7,9-10,13,15H,4,8,11-12,17H2,1-3H3,(H,18,20). The summed E-state index contributed by atoms with van der Waals surface area (Å²) in [7, 11) is 0. The molecule has 4 heteroatoms. The molecule has 4 nitrogen and oxygen atoms in total. The van der Waals surface area contributed by atoms with E-state index in [4.69, 9.17) is 5.73 Å². The topological polar surface area (TPSA) is 58.4 Å². The van der Waals surface area contributed by atoms with Crippen LogP contribution in [0.2, 0.25) is 0 Å². The maximum absolute atomic E-state index is 11.7. The van der Waals surface area contributed by atoms with Crippen molar-refractivity contribution in [2.75, 3.05) is 24.5 Å². The maximum Gasteiger partial charge on any atom is 0.237 e. The van der Waals surface area contributed by atoms with E-state index < -0.39 is 6.04 Å². The van der Waals surface area contributed by atoms with Gasteiger partial charge in [0.2, 0.25) is 5.91 Å². The van der Waals surface area contributed by atoms with E-state index >= 15 is 0 Å². The Morgan fingerprint density at radius 3 is 2.50 bits per heavy atom. The van der Waals surface area contributed by atoms with Gasteiger partial charge in [0.05, 0.1) is 6.04 Å². The van der Waals surface area contributed by atoms with Crippen molar-refractivity contribution < 1.29 is 4.79 Å². The second-order valence-corrected chi connectivity index (χ2v) is 5.33. The molecule has 0 aliphatic heterocycles. The van der Waals surface area contributed by atoms with Gasteiger partial charge in [-0.2, -0.15) is 0 Å². The molecule has 1 rings (SSSR count). The zero-order valence-corrected chi connectivity index (χ0v) is 12.8. The molecule has 0 saturated heterocycles. The maximum atomic E-state index is 11.7. The smallest absolute Gasteiger partial charge is 0.237 e. The number of rotatable bonds is 8. The predicted molar refractivity (Wildman–Crippen MR) is 84.8 cm³/mol. The van der Waals surface area contributed by atoms with Gasteiger partial charge >= 0.3 is 0 Å². The largest absolute Gasteiger partial charge is 0.372 e. The van der Waals surface area contributed by atoms with Gasteiger partial charge in [-0.25, -0.2) is 0 Å². The Kier molecular flexibility index (Phi) is 7.09. The van der Waals surface area contributed by atoms with Crippen molar-refractivity contribution in [1.82, 2.24) is 5.32 Å². The molecular weight excluding hydrogens is 250 g/mol. The first-order valence-electron chi connectivity index (χ1n) is 7.39. The Morgan fingerprint density at radius 2 is 1.95 bits per heavy atom. The van der Waals surface area contributed by atoms with E-state index in [1.54, 1.807) is 0 Å². The van der Waals surface area contributed by atoms with Gasteiger partial charge in [0.25, 0.3) is 0 Å². The molecule has 0 radical (unpaired) electrons. The molecule has 1 aromatic rings. The molecule has 0 fully saturated rings. The molecule has 0 aromatic heterocycles. The minimum absolute atomic E-state index is 0.0530. The summed E-state index contributed by atoms with van der Waals surface area (Å²) >= 11 is 0. The molecule has 1 atom stereocenters. The van der Waals surface area contributed by atoms with Crippen molar-refractivity contribution in [3.63, 3.8) is 0 Å². The number of carbonyl (C=O) groups is 1. The molecular formula is C16H27N3O. The van der Waals surface area contributed by atoms with E-state index in [0.717, 1.165) is 19.5 Å². The summed E-state index contributed by atoms with van der Waals surface area (Å²) in [6.07, 6.45) is 0.916. The van der Waals surface area contributed by atoms with Crippen LogP contribution in [0.25, 0.3) is 0 Å². The van der Waals surface area contributed by atoms with Crippen molar-refractivity contribution in [1.29, 1.82) is 0 Å². The van der Waals surface area contributed by atoms with Gasteiger partial charge < -0.3 is 16.0 Å². The molecule has 1 unspecified atom stereocenters. The molecule has 0 aliphatic rings. The number of anilines is 1. The summed E-state index contributed by atoms with van der Waals surface area (Å²) in [6, 6.07) is 9.91. The van der Waals surface area contributed by atoms with E-state index in [9.17, 15) is 4.79 Å². The van der Waals surface area contributed by atoms with Gasteiger partial charge in [-0.1, -0.05) is 32.0 Å². The van der Waals surface area contributed by atoms with Crippen molar-refractivity contribution in [3.8, 4) is 0 Å². The fraction of sp³-hybridized carbons (Fsp3) is 0.562. The van der Waals surface area contributed by atoms with Gasteiger partial charge in [-0.3, -0.25) is 4.79 Å². The minimum atomic E-state index is -0.411. The molecule has 0 spiro atoms. The molecule has 1 amide bonds. The third kappa shape index (κ3) is 5.21. The summed E-state index contributed by atoms with van der Waals surface area (Å²) in [5, 5.41) is 2.90. The predicted octanol–water partition coefficient (Wildman–Crippen LogP) is 2.00. The number of hydrogen-bond donors (Lipinski definition) is 2. The number of carbonyl (C=O) groups excluding carboxylic acids is 1. The first-order chi connectivity index (χ1) is 9.56. The first kappa shape index (κ1) is 16.5. The zero-order chi connectivity index (χ0) is 15.0. The molecule has 0 heterocycles. The Labute approximate surface area is 122 Å². The van der Waals surface area contributed by atoms with Crippen LogP contribution < -0.4 is 16.0 Å². The highest BCUT2D eigenvalue weighted by molar-refractivity contribution is 5.81. The van der Waals surface area contributed by atoms with E-state index in [1.807, 2.05) is 32.0 Å². The Bertz CT molecular complexity index is 392. The third-order valence-corrected chi connectivity index (χ3v) is 3.43. The molecule has 3 N–H and O–H groups in total. The minimum Gasteiger partial charge on any atom is -0.372 e. The van der Waals surface area contributed by atoms with E-state index in [0.29, 0.717) is 6.54 Å². The van der Waals surface area contributed by atoms with Crippen molar-refractivity contribution in [2.24, 2.45) is 11.7 Å². The SMILES string of the molecule is CCN(CCCNC(=O)C(N)C(C)C)c1ccccc1. The molecule has 0 saturated carbocycles. The highest BCUT2D eigenvalue weighted by atomic mass is 16.2. The average Bonchev–Trinajstić information content (AvgIpc) is 2.47. The molecule has 20 heavy (non-hydrogen) atoms. The lowest BCUT2D eigenvalue weighted by Gasteiger charge is -2.23. The molecule has 112 valence electrons. The van der Waals surface area contributed by atoms with Gasteiger partial charge in [0.1, 0.15) is 0 Å². The van der Waals surface area contributed by atoms with Gasteiger partial charge in [-0.15, -0.1) is 0 Å². The Balaban J connectivity index is 2.31. The number of amides is 1. The number of hydrogen-bond acceptors (Lipinski definition) is 3. The lowest BCUT2D eigenvalue weighted by molar-refractivity contribution is -0.123. The number of nitrogens with two attached hydrogens (primary N) is 1. The van der Waals surface area contributed by atoms with E-state index in [1.165, 1.54) is 5.69 Å². The lowest BCUT2D eigenvalue weighted by atomic mass is 10.1. The molecule has 1 aromatic carbocycles. The lowest BCUT2D eigenvalue weighted by Crippen LogP contribution is -2.44. The van der Waals surface area contributed by atoms with Gasteiger partial charge in [0, 0.05) is 25.3 Å². The summed E-state index contributed by atoms with van der Waals surface area (Å²) in [5.41, 5.74) is 7.02. The normalized spacial score (nSPS) is 12.2. The van der Waals surface area contributed by atoms with Crippen LogP contribution in [-0.2, 0) is 4.79 Å². The van der Waals surface area contributed by atoms with Crippen LogP contribution in [0.1, 0.15) is 27.2 Å². The van der Waals surface area contributed by atoms with Crippen LogP contribution in [0, 0.1) is 5.92 Å². The summed E-state index contributed by atoms with van der Waals surface area (Å²) < 4.78 is 0. The fourth-order valence-electron chi connectivity index (χ4n) is 2.01. The highest BCUT2D eigenvalue weighted by Gasteiger charge is 2.16. The highest BCUT2D eigenvalue weighted by Crippen LogP contribution is 2.12. The van der Waals surface area contributed by atoms with Crippen molar-refractivity contribution in [3.05, 3.63) is 30.3 Å². The van der Waals surface area contributed by atoms with Crippen molar-refractivity contribution in [2.45, 2.75) is 33.2 Å². The number of para-hydroxylation sites is 1. The van der Waals surface area contributed by atoms with Gasteiger partial charge in [-0.05, 0) is 31.4 Å². The fourth-order valence-corrected chi connectivity index (χ4v) is 2.01. The van der Waals surface area contributed by atoms with Crippen molar-refractivity contribution >= 4 is 11.6 Å². The third-order valence-electron chi connectivity index (χ3n) is 3.43. The molecule has 0 aliphatic carbocycles. The van der Waals surface area contributed by atoms with E-state index in [2.05, 4.69) is 29.3 Å². The summed E-state index contributed by atoms with van der Waals surface area (Å²) in [4.78, 5) is 14.0. The Hall–Kier alpha value is -1.55. The number of benzene rings is 1. The first-order valence-corrected chi connectivity index (χ1v) is 7.39. The van der Waals surface area contributed by atoms with E-state index in [-0.39, 0.29) is 11.8 Å². The quantitative estimate of drug-likeness (QED) is 0.715. The summed E-state index contributed by atoms with van der Waals surface area (Å²) in [5.74, 6) is 0.120. The van der Waals surface area contributed by atoms with Gasteiger partial charge in [0.15, 0.2) is 0 Å². The van der Waals surface area contributed by atoms with Crippen LogP contribution in [-0.4, -0.2) is 31.6 Å². The number of nitrogens with zero attached hydrogens (tertiary/aromatic N) is 1. The summed E-state index contributed by atoms with van der Waals surface area (Å²) in [6.45, 7) is 8.61. The second kappa shape index (κ2) is 8.59. The number of nitrogens with one attached hydrogen (secondary N) is 1. The van der Waals surface area contributed by atoms with Crippen LogP contribution in [0.3, 0.4) is 0 Å². The van der Waals surface area contributed by atoms with Crippen LogP contribution in [0.5, 0.6) is 0 Å².